The van der Waals surface area contributed by atoms with Crippen molar-refractivity contribution in [2.45, 2.75) is 12.5 Å². The molecule has 4 nitrogen and oxygen atoms in total. The van der Waals surface area contributed by atoms with Crippen molar-refractivity contribution in [1.82, 2.24) is 10.3 Å². The Bertz CT molecular complexity index is 421. The highest BCUT2D eigenvalue weighted by Crippen LogP contribution is 2.15. The van der Waals surface area contributed by atoms with E-state index in [1.54, 1.807) is 6.92 Å². The molecule has 7 heteroatoms. The topological polar surface area (TPSA) is 62.2 Å². The summed E-state index contributed by atoms with van der Waals surface area (Å²) in [6.45, 7) is 1.82. The van der Waals surface area contributed by atoms with Crippen LogP contribution in [-0.2, 0) is 0 Å². The van der Waals surface area contributed by atoms with Gasteiger partial charge >= 0.3 is 0 Å². The van der Waals surface area contributed by atoms with Gasteiger partial charge in [0, 0.05) is 17.9 Å². The number of aromatic nitrogens is 1. The lowest BCUT2D eigenvalue weighted by Gasteiger charge is -2.22. The summed E-state index contributed by atoms with van der Waals surface area (Å²) in [7, 11) is 0. The van der Waals surface area contributed by atoms with E-state index in [-0.39, 0.29) is 22.8 Å². The Hall–Kier alpha value is -0.490. The molecule has 1 heterocycles. The molecule has 0 saturated carbocycles. The van der Waals surface area contributed by atoms with Gasteiger partial charge in [0.2, 0.25) is 0 Å². The number of hydrogen-bond donors (Lipinski definition) is 2. The lowest BCUT2D eigenvalue weighted by atomic mass is 10.1. The van der Waals surface area contributed by atoms with Crippen LogP contribution in [0.3, 0.4) is 0 Å². The van der Waals surface area contributed by atoms with Crippen molar-refractivity contribution in [2.24, 2.45) is 0 Å². The fourth-order valence-corrected chi connectivity index (χ4v) is 2.52. The second-order valence-corrected chi connectivity index (χ2v) is 5.75. The van der Waals surface area contributed by atoms with Crippen LogP contribution < -0.4 is 5.32 Å². The van der Waals surface area contributed by atoms with Crippen molar-refractivity contribution in [2.75, 3.05) is 18.6 Å². The molecular weight excluding hydrogens is 295 g/mol. The molecule has 0 spiro atoms. The maximum absolute atomic E-state index is 11.8. The van der Waals surface area contributed by atoms with E-state index in [9.17, 15) is 9.90 Å². The molecule has 1 aromatic heterocycles. The fourth-order valence-electron chi connectivity index (χ4n) is 1.33. The Balaban J connectivity index is 2.66. The Kier molecular flexibility index (Phi) is 5.72. The van der Waals surface area contributed by atoms with Gasteiger partial charge < -0.3 is 10.4 Å². The molecule has 0 fully saturated rings. The number of carbonyl (C=O) groups is 1. The Morgan fingerprint density at radius 2 is 2.06 bits per heavy atom. The first-order chi connectivity index (χ1) is 8.34. The van der Waals surface area contributed by atoms with E-state index in [1.165, 1.54) is 23.9 Å². The van der Waals surface area contributed by atoms with Crippen molar-refractivity contribution >= 4 is 40.9 Å². The molecule has 0 aliphatic carbocycles. The van der Waals surface area contributed by atoms with Crippen LogP contribution in [0, 0.1) is 0 Å². The summed E-state index contributed by atoms with van der Waals surface area (Å²) in [6, 6.07) is 2.85. The maximum Gasteiger partial charge on any atom is 0.251 e. The maximum atomic E-state index is 11.8. The zero-order valence-electron chi connectivity index (χ0n) is 10.0. The number of thioether (sulfide) groups is 1. The predicted octanol–water partition coefficient (Wildman–Crippen LogP) is 2.23. The first-order valence-corrected chi connectivity index (χ1v) is 7.31. The van der Waals surface area contributed by atoms with Gasteiger partial charge in [-0.1, -0.05) is 23.2 Å². The number of nitrogens with zero attached hydrogens (tertiary/aromatic N) is 1. The van der Waals surface area contributed by atoms with Gasteiger partial charge in [-0.25, -0.2) is 4.98 Å². The van der Waals surface area contributed by atoms with Crippen LogP contribution in [0.25, 0.3) is 0 Å². The molecule has 1 aromatic rings. The highest BCUT2D eigenvalue weighted by molar-refractivity contribution is 7.98. The van der Waals surface area contributed by atoms with E-state index in [4.69, 9.17) is 23.2 Å². The lowest BCUT2D eigenvalue weighted by Crippen LogP contribution is -2.42. The van der Waals surface area contributed by atoms with Crippen molar-refractivity contribution in [3.8, 4) is 0 Å². The Morgan fingerprint density at radius 3 is 2.56 bits per heavy atom. The summed E-state index contributed by atoms with van der Waals surface area (Å²) in [4.78, 5) is 15.6. The third kappa shape index (κ3) is 5.02. The van der Waals surface area contributed by atoms with E-state index >= 15 is 0 Å². The molecule has 1 rings (SSSR count). The average molecular weight is 309 g/mol. The molecule has 18 heavy (non-hydrogen) atoms. The minimum absolute atomic E-state index is 0.156. The number of halogens is 2. The van der Waals surface area contributed by atoms with Crippen LogP contribution in [0.5, 0.6) is 0 Å². The molecular formula is C11H14Cl2N2O2S. The smallest absolute Gasteiger partial charge is 0.251 e. The highest BCUT2D eigenvalue weighted by Gasteiger charge is 2.21. The molecule has 1 amide bonds. The van der Waals surface area contributed by atoms with Crippen molar-refractivity contribution in [3.05, 3.63) is 28.0 Å². The average Bonchev–Trinajstić information content (AvgIpc) is 2.24. The third-order valence-electron chi connectivity index (χ3n) is 2.11. The van der Waals surface area contributed by atoms with Crippen LogP contribution in [0.1, 0.15) is 17.3 Å². The molecule has 0 aliphatic rings. The van der Waals surface area contributed by atoms with E-state index in [2.05, 4.69) is 10.3 Å². The summed E-state index contributed by atoms with van der Waals surface area (Å²) in [5.74, 6) is 0.188. The van der Waals surface area contributed by atoms with Gasteiger partial charge in [-0.2, -0.15) is 11.8 Å². The summed E-state index contributed by atoms with van der Waals surface area (Å²) in [5.41, 5.74) is -0.629. The largest absolute Gasteiger partial charge is 0.387 e. The summed E-state index contributed by atoms with van der Waals surface area (Å²) < 4.78 is 0. The second kappa shape index (κ2) is 6.61. The zero-order valence-corrected chi connectivity index (χ0v) is 12.4. The summed E-state index contributed by atoms with van der Waals surface area (Å²) >= 11 is 12.9. The van der Waals surface area contributed by atoms with Crippen LogP contribution >= 0.6 is 35.0 Å². The van der Waals surface area contributed by atoms with Gasteiger partial charge in [-0.15, -0.1) is 0 Å². The summed E-state index contributed by atoms with van der Waals surface area (Å²) in [6.07, 6.45) is 1.89. The Labute approximate surface area is 120 Å². The van der Waals surface area contributed by atoms with Gasteiger partial charge in [0.1, 0.15) is 10.3 Å². The number of pyridine rings is 1. The normalized spacial score (nSPS) is 14.1. The second-order valence-electron chi connectivity index (χ2n) is 4.11. The van der Waals surface area contributed by atoms with Gasteiger partial charge in [0.15, 0.2) is 0 Å². The SMILES string of the molecule is CSCC(C)(O)CNC(=O)c1cc(Cl)nc(Cl)c1. The minimum atomic E-state index is -0.949. The van der Waals surface area contributed by atoms with Gasteiger partial charge in [0.25, 0.3) is 5.91 Å². The van der Waals surface area contributed by atoms with Crippen LogP contribution in [-0.4, -0.2) is 40.2 Å². The lowest BCUT2D eigenvalue weighted by molar-refractivity contribution is 0.0725. The van der Waals surface area contributed by atoms with E-state index in [0.717, 1.165) is 0 Å². The van der Waals surface area contributed by atoms with E-state index in [0.29, 0.717) is 11.3 Å². The first kappa shape index (κ1) is 15.6. The van der Waals surface area contributed by atoms with E-state index in [1.807, 2.05) is 6.26 Å². The van der Waals surface area contributed by atoms with Crippen LogP contribution in [0.4, 0.5) is 0 Å². The molecule has 0 aromatic carbocycles. The Morgan fingerprint density at radius 1 is 1.50 bits per heavy atom. The minimum Gasteiger partial charge on any atom is -0.387 e. The number of aliphatic hydroxyl groups is 1. The monoisotopic (exact) mass is 308 g/mol. The first-order valence-electron chi connectivity index (χ1n) is 5.17. The number of nitrogens with one attached hydrogen (secondary N) is 1. The fraction of sp³-hybridized carbons (Fsp3) is 0.455. The molecule has 2 N–H and O–H groups in total. The molecule has 0 aliphatic heterocycles. The number of rotatable bonds is 5. The predicted molar refractivity (Wildman–Crippen MR) is 75.6 cm³/mol. The molecule has 0 saturated heterocycles. The molecule has 0 bridgehead atoms. The molecule has 100 valence electrons. The van der Waals surface area contributed by atoms with E-state index < -0.39 is 5.60 Å². The standard InChI is InChI=1S/C11H14Cl2N2O2S/c1-11(17,6-18-2)5-14-10(16)7-3-8(12)15-9(13)4-7/h3-4,17H,5-6H2,1-2H3,(H,14,16). The van der Waals surface area contributed by atoms with Crippen molar-refractivity contribution in [3.63, 3.8) is 0 Å². The number of carbonyl (C=O) groups excluding carboxylic acids is 1. The molecule has 1 unspecified atom stereocenters. The number of amides is 1. The van der Waals surface area contributed by atoms with Crippen molar-refractivity contribution in [1.29, 1.82) is 0 Å². The zero-order chi connectivity index (χ0) is 13.8. The van der Waals surface area contributed by atoms with Gasteiger partial charge in [-0.3, -0.25) is 4.79 Å². The quantitative estimate of drug-likeness (QED) is 0.819. The number of hydrogen-bond acceptors (Lipinski definition) is 4. The van der Waals surface area contributed by atoms with Crippen molar-refractivity contribution < 1.29 is 9.90 Å². The van der Waals surface area contributed by atoms with Crippen LogP contribution in [0.15, 0.2) is 12.1 Å². The summed E-state index contributed by atoms with van der Waals surface area (Å²) in [5, 5.41) is 12.9. The van der Waals surface area contributed by atoms with Crippen LogP contribution in [0.2, 0.25) is 10.3 Å². The third-order valence-corrected chi connectivity index (χ3v) is 3.41. The van der Waals surface area contributed by atoms with Gasteiger partial charge in [0.05, 0.1) is 5.60 Å². The van der Waals surface area contributed by atoms with Gasteiger partial charge in [-0.05, 0) is 25.3 Å². The molecule has 1 atom stereocenters. The highest BCUT2D eigenvalue weighted by atomic mass is 35.5. The molecule has 0 radical (unpaired) electrons.